The number of pyridine rings is 1. The quantitative estimate of drug-likeness (QED) is 0.309. The summed E-state index contributed by atoms with van der Waals surface area (Å²) in [6, 6.07) is 5.32. The summed E-state index contributed by atoms with van der Waals surface area (Å²) in [5, 5.41) is 0. The first-order valence-corrected chi connectivity index (χ1v) is 2.30. The zero-order chi connectivity index (χ0) is 5.82. The first-order chi connectivity index (χ1) is 3.93. The largest absolute Gasteiger partial charge is 1.00 e. The molecule has 0 N–H and O–H groups in total. The average Bonchev–Trinajstić information content (AvgIpc) is 1.90. The number of hydrogen-bond acceptors (Lipinski definition) is 2. The zero-order valence-corrected chi connectivity index (χ0v) is 5.59. The summed E-state index contributed by atoms with van der Waals surface area (Å²) in [6.45, 7) is 0. The van der Waals surface area contributed by atoms with Gasteiger partial charge >= 0.3 is 18.9 Å². The molecule has 0 saturated carbocycles. The molecule has 0 atom stereocenters. The van der Waals surface area contributed by atoms with Gasteiger partial charge in [0.2, 0.25) is 0 Å². The van der Waals surface area contributed by atoms with Gasteiger partial charge in [-0.3, -0.25) is 0 Å². The van der Waals surface area contributed by atoms with Crippen LogP contribution in [0.2, 0.25) is 0 Å². The third-order valence-corrected chi connectivity index (χ3v) is 0.793. The van der Waals surface area contributed by atoms with Crippen molar-refractivity contribution in [3.63, 3.8) is 0 Å². The van der Waals surface area contributed by atoms with E-state index < -0.39 is 0 Å². The predicted molar refractivity (Wildman–Crippen MR) is 29.6 cm³/mol. The molecule has 0 radical (unpaired) electrons. The second kappa shape index (κ2) is 4.43. The van der Waals surface area contributed by atoms with E-state index in [2.05, 4.69) is 11.2 Å². The van der Waals surface area contributed by atoms with Crippen LogP contribution < -0.4 is 23.6 Å². The molecule has 3 heteroatoms. The maximum absolute atomic E-state index is 4.77. The van der Waals surface area contributed by atoms with Gasteiger partial charge in [0, 0.05) is 0 Å². The van der Waals surface area contributed by atoms with E-state index in [-0.39, 0.29) is 18.9 Å². The first-order valence-electron chi connectivity index (χ1n) is 2.30. The van der Waals surface area contributed by atoms with Crippen molar-refractivity contribution < 1.29 is 23.6 Å². The van der Waals surface area contributed by atoms with Gasteiger partial charge in [0.25, 0.3) is 0 Å². The topological polar surface area (TPSA) is 22.1 Å². The molecular weight excluding hydrogens is 109 g/mol. The summed E-state index contributed by atoms with van der Waals surface area (Å²) in [5.41, 5.74) is 0. The molecule has 2 nitrogen and oxygen atoms in total. The number of nitrogens with zero attached hydrogens (tertiary/aromatic N) is 1. The molecule has 0 saturated heterocycles. The Morgan fingerprint density at radius 3 is 2.78 bits per heavy atom. The Morgan fingerprint density at radius 1 is 1.67 bits per heavy atom. The molecule has 0 unspecified atom stereocenters. The van der Waals surface area contributed by atoms with E-state index in [4.69, 9.17) is 4.74 Å². The summed E-state index contributed by atoms with van der Waals surface area (Å²) in [4.78, 5) is 3.75. The SMILES string of the molecule is COc1ccc[c-]n1.[Li+]. The first kappa shape index (κ1) is 8.55. The molecule has 0 amide bonds. The molecule has 9 heavy (non-hydrogen) atoms. The Kier molecular flexibility index (Phi) is 4.21. The van der Waals surface area contributed by atoms with E-state index in [0.29, 0.717) is 5.88 Å². The van der Waals surface area contributed by atoms with Crippen LogP contribution in [-0.4, -0.2) is 12.1 Å². The number of aromatic nitrogens is 1. The second-order valence-electron chi connectivity index (χ2n) is 1.31. The molecule has 42 valence electrons. The maximum Gasteiger partial charge on any atom is 1.00 e. The van der Waals surface area contributed by atoms with Gasteiger partial charge in [-0.2, -0.15) is 12.1 Å². The van der Waals surface area contributed by atoms with Crippen LogP contribution in [0.4, 0.5) is 0 Å². The molecule has 0 aromatic carbocycles. The fraction of sp³-hybridized carbons (Fsp3) is 0.167. The number of methoxy groups -OCH3 is 1. The van der Waals surface area contributed by atoms with Gasteiger partial charge in [-0.05, 0) is 0 Å². The Balaban J connectivity index is 0.000000640. The Bertz CT molecular complexity index is 154. The van der Waals surface area contributed by atoms with Crippen molar-refractivity contribution >= 4 is 0 Å². The van der Waals surface area contributed by atoms with E-state index >= 15 is 0 Å². The van der Waals surface area contributed by atoms with Crippen LogP contribution in [0.1, 0.15) is 0 Å². The maximum atomic E-state index is 4.77. The minimum Gasteiger partial charge on any atom is -0.538 e. The Labute approximate surface area is 66.4 Å². The Hall–Kier alpha value is -0.453. The van der Waals surface area contributed by atoms with Gasteiger partial charge in [0.1, 0.15) is 0 Å². The fourth-order valence-corrected chi connectivity index (χ4v) is 0.425. The zero-order valence-electron chi connectivity index (χ0n) is 5.59. The minimum absolute atomic E-state index is 0. The van der Waals surface area contributed by atoms with Crippen molar-refractivity contribution in [2.75, 3.05) is 7.11 Å². The minimum atomic E-state index is 0. The molecule has 0 aliphatic carbocycles. The van der Waals surface area contributed by atoms with Crippen LogP contribution in [0, 0.1) is 6.20 Å². The predicted octanol–water partition coefficient (Wildman–Crippen LogP) is -2.11. The number of rotatable bonds is 1. The van der Waals surface area contributed by atoms with Crippen molar-refractivity contribution in [2.45, 2.75) is 0 Å². The van der Waals surface area contributed by atoms with Crippen molar-refractivity contribution in [1.82, 2.24) is 4.98 Å². The third-order valence-electron chi connectivity index (χ3n) is 0.793. The molecule has 0 bridgehead atoms. The number of hydrogen-bond donors (Lipinski definition) is 0. The molecule has 0 fully saturated rings. The van der Waals surface area contributed by atoms with Gasteiger partial charge in [0.05, 0.1) is 13.0 Å². The van der Waals surface area contributed by atoms with Crippen molar-refractivity contribution in [3.8, 4) is 5.88 Å². The molecule has 1 rings (SSSR count). The van der Waals surface area contributed by atoms with Crippen LogP contribution in [-0.2, 0) is 0 Å². The van der Waals surface area contributed by atoms with Gasteiger partial charge in [-0.1, -0.05) is 6.20 Å². The van der Waals surface area contributed by atoms with Gasteiger partial charge in [-0.15, -0.1) is 6.07 Å². The van der Waals surface area contributed by atoms with Crippen molar-refractivity contribution in [3.05, 3.63) is 24.4 Å². The molecular formula is C6H6LiNO. The van der Waals surface area contributed by atoms with E-state index in [9.17, 15) is 0 Å². The van der Waals surface area contributed by atoms with Crippen LogP contribution in [0.25, 0.3) is 0 Å². The molecule has 0 spiro atoms. The average molecular weight is 115 g/mol. The van der Waals surface area contributed by atoms with E-state index in [1.807, 2.05) is 6.07 Å². The summed E-state index contributed by atoms with van der Waals surface area (Å²) >= 11 is 0. The fourth-order valence-electron chi connectivity index (χ4n) is 0.425. The van der Waals surface area contributed by atoms with E-state index in [1.165, 1.54) is 0 Å². The molecule has 0 aliphatic heterocycles. The van der Waals surface area contributed by atoms with Crippen molar-refractivity contribution in [2.24, 2.45) is 0 Å². The molecule has 1 aromatic rings. The summed E-state index contributed by atoms with van der Waals surface area (Å²) in [6.07, 6.45) is 2.64. The van der Waals surface area contributed by atoms with Crippen LogP contribution >= 0.6 is 0 Å². The third kappa shape index (κ3) is 2.55. The summed E-state index contributed by atoms with van der Waals surface area (Å²) in [7, 11) is 1.58. The van der Waals surface area contributed by atoms with Gasteiger partial charge in [0.15, 0.2) is 0 Å². The van der Waals surface area contributed by atoms with E-state index in [1.54, 1.807) is 19.2 Å². The van der Waals surface area contributed by atoms with Crippen molar-refractivity contribution in [1.29, 1.82) is 0 Å². The molecule has 0 aliphatic rings. The van der Waals surface area contributed by atoms with Gasteiger partial charge < -0.3 is 9.72 Å². The molecule has 1 aromatic heterocycles. The monoisotopic (exact) mass is 115 g/mol. The van der Waals surface area contributed by atoms with E-state index in [0.717, 1.165) is 0 Å². The summed E-state index contributed by atoms with van der Waals surface area (Å²) in [5.74, 6) is 0.604. The Morgan fingerprint density at radius 2 is 2.44 bits per heavy atom. The van der Waals surface area contributed by atoms with Gasteiger partial charge in [-0.25, -0.2) is 0 Å². The normalized spacial score (nSPS) is 7.67. The van der Waals surface area contributed by atoms with Crippen LogP contribution in [0.3, 0.4) is 0 Å². The smallest absolute Gasteiger partial charge is 0.538 e. The molecule has 1 heterocycles. The van der Waals surface area contributed by atoms with Crippen LogP contribution in [0.5, 0.6) is 5.88 Å². The summed E-state index contributed by atoms with van der Waals surface area (Å²) < 4.78 is 4.77. The standard InChI is InChI=1S/C6H6NO.Li/c1-8-6-4-2-3-5-7-6;/h2-4H,1H3;/q-1;+1. The second-order valence-corrected chi connectivity index (χ2v) is 1.31. The number of ether oxygens (including phenoxy) is 1. The van der Waals surface area contributed by atoms with Crippen LogP contribution in [0.15, 0.2) is 18.2 Å².